The number of anilines is 1. The maximum atomic E-state index is 12.2. The highest BCUT2D eigenvalue weighted by molar-refractivity contribution is 5.96. The van der Waals surface area contributed by atoms with Crippen molar-refractivity contribution >= 4 is 23.3 Å². The second kappa shape index (κ2) is 6.17. The van der Waals surface area contributed by atoms with E-state index < -0.39 is 28.6 Å². The van der Waals surface area contributed by atoms with Gasteiger partial charge in [0.05, 0.1) is 16.8 Å². The summed E-state index contributed by atoms with van der Waals surface area (Å²) in [6, 6.07) is 5.53. The predicted octanol–water partition coefficient (Wildman–Crippen LogP) is 2.20. The molecule has 1 aromatic carbocycles. The number of non-ortho nitro benzene ring substituents is 1. The summed E-state index contributed by atoms with van der Waals surface area (Å²) >= 11 is 0. The minimum absolute atomic E-state index is 0.137. The molecule has 21 heavy (non-hydrogen) atoms. The second-order valence-electron chi connectivity index (χ2n) is 4.77. The third-order valence-electron chi connectivity index (χ3n) is 3.37. The molecule has 0 fully saturated rings. The normalized spacial score (nSPS) is 20.8. The Hall–Kier alpha value is -2.70. The summed E-state index contributed by atoms with van der Waals surface area (Å²) in [6.45, 7) is 0. The number of nitrogens with one attached hydrogen (secondary N) is 1. The van der Waals surface area contributed by atoms with Crippen LogP contribution in [0.15, 0.2) is 36.4 Å². The van der Waals surface area contributed by atoms with E-state index in [2.05, 4.69) is 5.32 Å². The van der Waals surface area contributed by atoms with E-state index in [9.17, 15) is 19.7 Å². The van der Waals surface area contributed by atoms with E-state index in [1.54, 1.807) is 12.2 Å². The van der Waals surface area contributed by atoms with Crippen LogP contribution in [-0.4, -0.2) is 21.9 Å². The lowest BCUT2D eigenvalue weighted by Gasteiger charge is -2.23. The van der Waals surface area contributed by atoms with Gasteiger partial charge >= 0.3 is 5.97 Å². The molecule has 2 rings (SSSR count). The standard InChI is InChI=1S/C14H14N2O5/c17-13(11-6-1-2-7-12(11)14(18)19)15-9-4-3-5-10(8-9)16(20)21/h1,3-6,8,11-12H,2,7H2,(H,15,17)(H,18,19). The van der Waals surface area contributed by atoms with Gasteiger partial charge in [-0.3, -0.25) is 19.7 Å². The summed E-state index contributed by atoms with van der Waals surface area (Å²) in [7, 11) is 0. The minimum atomic E-state index is -1.02. The van der Waals surface area contributed by atoms with Crippen LogP contribution < -0.4 is 5.32 Å². The Balaban J connectivity index is 2.15. The van der Waals surface area contributed by atoms with E-state index in [4.69, 9.17) is 5.11 Å². The van der Waals surface area contributed by atoms with Crippen LogP contribution in [0.5, 0.6) is 0 Å². The number of allylic oxidation sites excluding steroid dienone is 1. The molecule has 1 aromatic rings. The number of amides is 1. The fourth-order valence-electron chi connectivity index (χ4n) is 2.30. The first-order chi connectivity index (χ1) is 9.99. The first-order valence-corrected chi connectivity index (χ1v) is 6.44. The average molecular weight is 290 g/mol. The minimum Gasteiger partial charge on any atom is -0.481 e. The van der Waals surface area contributed by atoms with E-state index >= 15 is 0 Å². The van der Waals surface area contributed by atoms with Gasteiger partial charge in [-0.1, -0.05) is 18.2 Å². The topological polar surface area (TPSA) is 110 Å². The van der Waals surface area contributed by atoms with Gasteiger partial charge in [-0.25, -0.2) is 0 Å². The smallest absolute Gasteiger partial charge is 0.307 e. The van der Waals surface area contributed by atoms with Gasteiger partial charge in [0.25, 0.3) is 5.69 Å². The molecule has 1 amide bonds. The monoisotopic (exact) mass is 290 g/mol. The summed E-state index contributed by atoms with van der Waals surface area (Å²) in [5.74, 6) is -3.03. The van der Waals surface area contributed by atoms with Gasteiger partial charge in [0.15, 0.2) is 0 Å². The molecule has 0 saturated carbocycles. The highest BCUT2D eigenvalue weighted by atomic mass is 16.6. The third kappa shape index (κ3) is 3.44. The van der Waals surface area contributed by atoms with Gasteiger partial charge in [0.2, 0.25) is 5.91 Å². The molecule has 1 aliphatic rings. The zero-order chi connectivity index (χ0) is 15.4. The van der Waals surface area contributed by atoms with Crippen molar-refractivity contribution in [3.05, 3.63) is 46.5 Å². The summed E-state index contributed by atoms with van der Waals surface area (Å²) in [5.41, 5.74) is 0.138. The van der Waals surface area contributed by atoms with Crippen molar-refractivity contribution in [3.63, 3.8) is 0 Å². The molecule has 2 unspecified atom stereocenters. The summed E-state index contributed by atoms with van der Waals surface area (Å²) < 4.78 is 0. The van der Waals surface area contributed by atoms with Gasteiger partial charge in [-0.2, -0.15) is 0 Å². The molecule has 110 valence electrons. The zero-order valence-electron chi connectivity index (χ0n) is 11.1. The highest BCUT2D eigenvalue weighted by Gasteiger charge is 2.33. The average Bonchev–Trinajstić information content (AvgIpc) is 2.47. The Morgan fingerprint density at radius 2 is 2.14 bits per heavy atom. The molecule has 1 aliphatic carbocycles. The molecule has 0 spiro atoms. The van der Waals surface area contributed by atoms with Crippen LogP contribution in [-0.2, 0) is 9.59 Å². The molecule has 0 saturated heterocycles. The zero-order valence-corrected chi connectivity index (χ0v) is 11.1. The number of nitro benzene ring substituents is 1. The van der Waals surface area contributed by atoms with Crippen LogP contribution in [0.25, 0.3) is 0 Å². The van der Waals surface area contributed by atoms with E-state index in [1.807, 2.05) is 0 Å². The number of carbonyl (C=O) groups is 2. The molecule has 0 aliphatic heterocycles. The Kier molecular flexibility index (Phi) is 4.32. The summed E-state index contributed by atoms with van der Waals surface area (Å²) in [4.78, 5) is 33.5. The molecule has 2 atom stereocenters. The number of nitro groups is 1. The van der Waals surface area contributed by atoms with E-state index in [0.717, 1.165) is 0 Å². The SMILES string of the molecule is O=C(Nc1cccc([N+](=O)[O-])c1)C1C=CCCC1C(=O)O. The number of rotatable bonds is 4. The maximum Gasteiger partial charge on any atom is 0.307 e. The summed E-state index contributed by atoms with van der Waals surface area (Å²) in [5, 5.41) is 22.4. The van der Waals surface area contributed by atoms with E-state index in [0.29, 0.717) is 12.8 Å². The van der Waals surface area contributed by atoms with Crippen molar-refractivity contribution in [1.29, 1.82) is 0 Å². The largest absolute Gasteiger partial charge is 0.481 e. The Morgan fingerprint density at radius 1 is 1.38 bits per heavy atom. The van der Waals surface area contributed by atoms with Crippen LogP contribution in [0.3, 0.4) is 0 Å². The van der Waals surface area contributed by atoms with E-state index in [-0.39, 0.29) is 11.4 Å². The first-order valence-electron chi connectivity index (χ1n) is 6.44. The van der Waals surface area contributed by atoms with Gasteiger partial charge in [0.1, 0.15) is 0 Å². The molecular formula is C14H14N2O5. The van der Waals surface area contributed by atoms with Gasteiger partial charge in [-0.15, -0.1) is 0 Å². The van der Waals surface area contributed by atoms with Gasteiger partial charge in [-0.05, 0) is 18.9 Å². The molecule has 2 N–H and O–H groups in total. The van der Waals surface area contributed by atoms with Crippen molar-refractivity contribution in [2.45, 2.75) is 12.8 Å². The lowest BCUT2D eigenvalue weighted by atomic mass is 9.83. The fourth-order valence-corrected chi connectivity index (χ4v) is 2.30. The van der Waals surface area contributed by atoms with E-state index in [1.165, 1.54) is 24.3 Å². The predicted molar refractivity (Wildman–Crippen MR) is 74.7 cm³/mol. The molecule has 0 radical (unpaired) electrons. The number of carbonyl (C=O) groups excluding carboxylic acids is 1. The summed E-state index contributed by atoms with van der Waals surface area (Å²) in [6.07, 6.45) is 4.38. The van der Waals surface area contributed by atoms with Crippen molar-refractivity contribution in [3.8, 4) is 0 Å². The fraction of sp³-hybridized carbons (Fsp3) is 0.286. The number of carboxylic acid groups (broad SMARTS) is 1. The van der Waals surface area contributed by atoms with Gasteiger partial charge < -0.3 is 10.4 Å². The van der Waals surface area contributed by atoms with Crippen molar-refractivity contribution in [2.24, 2.45) is 11.8 Å². The van der Waals surface area contributed by atoms with Crippen LogP contribution in [0.2, 0.25) is 0 Å². The number of hydrogen-bond acceptors (Lipinski definition) is 4. The van der Waals surface area contributed by atoms with Gasteiger partial charge in [0, 0.05) is 17.8 Å². The number of nitrogens with zero attached hydrogens (tertiary/aromatic N) is 1. The maximum absolute atomic E-state index is 12.2. The number of hydrogen-bond donors (Lipinski definition) is 2. The highest BCUT2D eigenvalue weighted by Crippen LogP contribution is 2.27. The number of aliphatic carboxylic acids is 1. The molecule has 7 nitrogen and oxygen atoms in total. The van der Waals surface area contributed by atoms with Crippen LogP contribution in [0.1, 0.15) is 12.8 Å². The molecular weight excluding hydrogens is 276 g/mol. The first kappa shape index (κ1) is 14.7. The second-order valence-corrected chi connectivity index (χ2v) is 4.77. The molecule has 0 heterocycles. The van der Waals surface area contributed by atoms with Crippen LogP contribution in [0.4, 0.5) is 11.4 Å². The van der Waals surface area contributed by atoms with Crippen molar-refractivity contribution in [1.82, 2.24) is 0 Å². The van der Waals surface area contributed by atoms with Crippen LogP contribution >= 0.6 is 0 Å². The number of benzene rings is 1. The number of carboxylic acids is 1. The molecule has 7 heteroatoms. The molecule has 0 aromatic heterocycles. The Bertz CT molecular complexity index is 611. The lowest BCUT2D eigenvalue weighted by Crippen LogP contribution is -2.34. The van der Waals surface area contributed by atoms with Crippen LogP contribution in [0, 0.1) is 22.0 Å². The molecule has 0 bridgehead atoms. The Morgan fingerprint density at radius 3 is 2.81 bits per heavy atom. The lowest BCUT2D eigenvalue weighted by molar-refractivity contribution is -0.384. The Labute approximate surface area is 120 Å². The third-order valence-corrected chi connectivity index (χ3v) is 3.37. The van der Waals surface area contributed by atoms with Crippen molar-refractivity contribution < 1.29 is 19.6 Å². The quantitative estimate of drug-likeness (QED) is 0.502. The van der Waals surface area contributed by atoms with Crippen molar-refractivity contribution in [2.75, 3.05) is 5.32 Å².